The molecular formula is C10H11BrClF. The van der Waals surface area contributed by atoms with Crippen LogP contribution in [0.4, 0.5) is 4.39 Å². The number of hydrogen-bond donors (Lipinski definition) is 0. The molecule has 0 aliphatic heterocycles. The molecule has 0 radical (unpaired) electrons. The van der Waals surface area contributed by atoms with Crippen LogP contribution in [-0.2, 0) is 6.42 Å². The molecule has 0 nitrogen and oxygen atoms in total. The minimum absolute atomic E-state index is 0.210. The molecule has 0 saturated carbocycles. The van der Waals surface area contributed by atoms with Crippen LogP contribution in [0.2, 0.25) is 5.02 Å². The second-order valence-electron chi connectivity index (χ2n) is 2.88. The molecule has 1 aromatic rings. The highest BCUT2D eigenvalue weighted by atomic mass is 79.9. The molecule has 0 amide bonds. The van der Waals surface area contributed by atoms with E-state index in [1.165, 1.54) is 12.1 Å². The topological polar surface area (TPSA) is 0 Å². The Bertz CT molecular complexity index is 276. The first kappa shape index (κ1) is 11.0. The molecule has 0 aliphatic rings. The molecule has 0 aliphatic carbocycles. The van der Waals surface area contributed by atoms with Gasteiger partial charge in [-0.3, -0.25) is 0 Å². The monoisotopic (exact) mass is 264 g/mol. The highest BCUT2D eigenvalue weighted by Gasteiger charge is 2.01. The number of aryl methyl sites for hydroxylation is 1. The Morgan fingerprint density at radius 3 is 2.77 bits per heavy atom. The summed E-state index contributed by atoms with van der Waals surface area (Å²) in [5.74, 6) is -0.210. The van der Waals surface area contributed by atoms with Crippen molar-refractivity contribution in [3.63, 3.8) is 0 Å². The fourth-order valence-corrected chi connectivity index (χ4v) is 1.75. The maximum Gasteiger partial charge on any atom is 0.123 e. The zero-order chi connectivity index (χ0) is 9.68. The fraction of sp³-hybridized carbons (Fsp3) is 0.400. The van der Waals surface area contributed by atoms with Crippen molar-refractivity contribution in [3.05, 3.63) is 34.6 Å². The maximum atomic E-state index is 12.8. The van der Waals surface area contributed by atoms with Gasteiger partial charge in [0.25, 0.3) is 0 Å². The SMILES string of the molecule is Fc1ccc(Cl)c(CCCCBr)c1. The molecule has 3 heteroatoms. The molecular weight excluding hydrogens is 254 g/mol. The predicted octanol–water partition coefficient (Wildman–Crippen LogP) is 4.20. The molecule has 0 heterocycles. The van der Waals surface area contributed by atoms with Crippen molar-refractivity contribution in [3.8, 4) is 0 Å². The van der Waals surface area contributed by atoms with E-state index in [-0.39, 0.29) is 5.82 Å². The Morgan fingerprint density at radius 1 is 1.31 bits per heavy atom. The average Bonchev–Trinajstić information content (AvgIpc) is 2.11. The Balaban J connectivity index is 2.59. The molecule has 0 atom stereocenters. The molecule has 0 saturated heterocycles. The second kappa shape index (κ2) is 5.61. The first-order valence-corrected chi connectivity index (χ1v) is 5.74. The Morgan fingerprint density at radius 2 is 2.08 bits per heavy atom. The number of benzene rings is 1. The van der Waals surface area contributed by atoms with E-state index in [2.05, 4.69) is 15.9 Å². The summed E-state index contributed by atoms with van der Waals surface area (Å²) in [4.78, 5) is 0. The second-order valence-corrected chi connectivity index (χ2v) is 4.08. The molecule has 0 spiro atoms. The summed E-state index contributed by atoms with van der Waals surface area (Å²) in [6.07, 6.45) is 2.98. The van der Waals surface area contributed by atoms with Gasteiger partial charge in [0.15, 0.2) is 0 Å². The largest absolute Gasteiger partial charge is 0.207 e. The number of alkyl halides is 1. The van der Waals surface area contributed by atoms with E-state index in [9.17, 15) is 4.39 Å². The summed E-state index contributed by atoms with van der Waals surface area (Å²) in [5.41, 5.74) is 0.905. The van der Waals surface area contributed by atoms with Crippen LogP contribution in [0.25, 0.3) is 0 Å². The van der Waals surface area contributed by atoms with E-state index in [0.29, 0.717) is 5.02 Å². The van der Waals surface area contributed by atoms with Gasteiger partial charge in [0.2, 0.25) is 0 Å². The molecule has 0 aromatic heterocycles. The fourth-order valence-electron chi connectivity index (χ4n) is 1.14. The lowest BCUT2D eigenvalue weighted by Crippen LogP contribution is -1.89. The van der Waals surface area contributed by atoms with Crippen LogP contribution in [0.15, 0.2) is 18.2 Å². The van der Waals surface area contributed by atoms with Gasteiger partial charge >= 0.3 is 0 Å². The van der Waals surface area contributed by atoms with Gasteiger partial charge in [-0.25, -0.2) is 4.39 Å². The van der Waals surface area contributed by atoms with Crippen molar-refractivity contribution < 1.29 is 4.39 Å². The Kier molecular flexibility index (Phi) is 4.74. The third-order valence-electron chi connectivity index (χ3n) is 1.84. The molecule has 72 valence electrons. The van der Waals surface area contributed by atoms with Gasteiger partial charge in [0.05, 0.1) is 0 Å². The molecule has 1 aromatic carbocycles. The maximum absolute atomic E-state index is 12.8. The highest BCUT2D eigenvalue weighted by Crippen LogP contribution is 2.19. The predicted molar refractivity (Wildman–Crippen MR) is 58.1 cm³/mol. The zero-order valence-electron chi connectivity index (χ0n) is 7.19. The van der Waals surface area contributed by atoms with E-state index in [4.69, 9.17) is 11.6 Å². The number of unbranched alkanes of at least 4 members (excludes halogenated alkanes) is 1. The van der Waals surface area contributed by atoms with Crippen LogP contribution in [0.5, 0.6) is 0 Å². The Hall–Kier alpha value is -0.0800. The van der Waals surface area contributed by atoms with Gasteiger partial charge < -0.3 is 0 Å². The molecule has 0 N–H and O–H groups in total. The van der Waals surface area contributed by atoms with E-state index in [1.807, 2.05) is 0 Å². The van der Waals surface area contributed by atoms with Gasteiger partial charge in [-0.1, -0.05) is 27.5 Å². The van der Waals surface area contributed by atoms with Gasteiger partial charge in [-0.2, -0.15) is 0 Å². The standard InChI is InChI=1S/C10H11BrClF/c11-6-2-1-3-8-7-9(13)4-5-10(8)12/h4-5,7H,1-3,6H2. The average molecular weight is 266 g/mol. The van der Waals surface area contributed by atoms with Gasteiger partial charge in [-0.05, 0) is 43.0 Å². The quantitative estimate of drug-likeness (QED) is 0.565. The van der Waals surface area contributed by atoms with Crippen molar-refractivity contribution in [1.29, 1.82) is 0 Å². The third kappa shape index (κ3) is 3.65. The first-order valence-electron chi connectivity index (χ1n) is 4.24. The first-order chi connectivity index (χ1) is 6.24. The third-order valence-corrected chi connectivity index (χ3v) is 2.77. The lowest BCUT2D eigenvalue weighted by molar-refractivity contribution is 0.624. The highest BCUT2D eigenvalue weighted by molar-refractivity contribution is 9.09. The normalized spacial score (nSPS) is 10.4. The number of hydrogen-bond acceptors (Lipinski definition) is 0. The number of halogens is 3. The van der Waals surface area contributed by atoms with Crippen molar-refractivity contribution in [2.75, 3.05) is 5.33 Å². The van der Waals surface area contributed by atoms with Crippen LogP contribution in [0, 0.1) is 5.82 Å². The minimum atomic E-state index is -0.210. The van der Waals surface area contributed by atoms with E-state index >= 15 is 0 Å². The van der Waals surface area contributed by atoms with Crippen LogP contribution >= 0.6 is 27.5 Å². The van der Waals surface area contributed by atoms with E-state index in [0.717, 1.165) is 30.2 Å². The lowest BCUT2D eigenvalue weighted by Gasteiger charge is -2.02. The summed E-state index contributed by atoms with van der Waals surface area (Å²) in [6, 6.07) is 4.51. The zero-order valence-corrected chi connectivity index (χ0v) is 9.54. The molecule has 0 unspecified atom stereocenters. The lowest BCUT2D eigenvalue weighted by atomic mass is 10.1. The van der Waals surface area contributed by atoms with Gasteiger partial charge in [0.1, 0.15) is 5.82 Å². The molecule has 0 fully saturated rings. The number of rotatable bonds is 4. The minimum Gasteiger partial charge on any atom is -0.207 e. The van der Waals surface area contributed by atoms with E-state index in [1.54, 1.807) is 6.07 Å². The van der Waals surface area contributed by atoms with Crippen LogP contribution in [0.1, 0.15) is 18.4 Å². The summed E-state index contributed by atoms with van der Waals surface area (Å²) in [5, 5.41) is 1.65. The summed E-state index contributed by atoms with van der Waals surface area (Å²) >= 11 is 9.25. The summed E-state index contributed by atoms with van der Waals surface area (Å²) < 4.78 is 12.8. The van der Waals surface area contributed by atoms with Gasteiger partial charge in [0, 0.05) is 10.4 Å². The van der Waals surface area contributed by atoms with E-state index < -0.39 is 0 Å². The summed E-state index contributed by atoms with van der Waals surface area (Å²) in [7, 11) is 0. The molecule has 13 heavy (non-hydrogen) atoms. The van der Waals surface area contributed by atoms with Crippen LogP contribution < -0.4 is 0 Å². The van der Waals surface area contributed by atoms with Crippen LogP contribution in [-0.4, -0.2) is 5.33 Å². The smallest absolute Gasteiger partial charge is 0.123 e. The summed E-state index contributed by atoms with van der Waals surface area (Å²) in [6.45, 7) is 0. The van der Waals surface area contributed by atoms with Crippen molar-refractivity contribution in [2.24, 2.45) is 0 Å². The van der Waals surface area contributed by atoms with Gasteiger partial charge in [-0.15, -0.1) is 0 Å². The van der Waals surface area contributed by atoms with Crippen molar-refractivity contribution in [1.82, 2.24) is 0 Å². The van der Waals surface area contributed by atoms with Crippen molar-refractivity contribution in [2.45, 2.75) is 19.3 Å². The van der Waals surface area contributed by atoms with Crippen LogP contribution in [0.3, 0.4) is 0 Å². The Labute approximate surface area is 91.2 Å². The molecule has 1 rings (SSSR count). The molecule has 0 bridgehead atoms. The van der Waals surface area contributed by atoms with Crippen molar-refractivity contribution >= 4 is 27.5 Å².